The summed E-state index contributed by atoms with van der Waals surface area (Å²) >= 11 is 0. The average molecular weight is 219 g/mol. The molecule has 1 saturated heterocycles. The number of hydrogen-bond donors (Lipinski definition) is 0. The lowest BCUT2D eigenvalue weighted by Crippen LogP contribution is -2.39. The highest BCUT2D eigenvalue weighted by Crippen LogP contribution is 2.11. The molecule has 0 saturated carbocycles. The van der Waals surface area contributed by atoms with Crippen molar-refractivity contribution in [2.45, 2.75) is 19.4 Å². The van der Waals surface area contributed by atoms with Gasteiger partial charge in [0, 0.05) is 26.3 Å². The third-order valence-electron chi connectivity index (χ3n) is 2.83. The van der Waals surface area contributed by atoms with Crippen LogP contribution < -0.4 is 0 Å². The molecule has 0 bridgehead atoms. The van der Waals surface area contributed by atoms with Crippen molar-refractivity contribution in [2.24, 2.45) is 0 Å². The molecule has 1 fully saturated rings. The predicted octanol–water partition coefficient (Wildman–Crippen LogP) is 1.73. The highest BCUT2D eigenvalue weighted by molar-refractivity contribution is 5.74. The van der Waals surface area contributed by atoms with Crippen molar-refractivity contribution in [3.05, 3.63) is 30.1 Å². The summed E-state index contributed by atoms with van der Waals surface area (Å²) in [6.45, 7) is 2.37. The van der Waals surface area contributed by atoms with Gasteiger partial charge in [-0.3, -0.25) is 4.98 Å². The van der Waals surface area contributed by atoms with Gasteiger partial charge in [-0.25, -0.2) is 4.79 Å². The molecule has 2 rings (SSSR count). The number of aromatic nitrogens is 1. The van der Waals surface area contributed by atoms with Gasteiger partial charge >= 0.3 is 6.03 Å². The fraction of sp³-hybridized carbons (Fsp3) is 0.500. The van der Waals surface area contributed by atoms with Gasteiger partial charge < -0.3 is 9.80 Å². The molecular formula is C12H17N3O. The molecule has 0 radical (unpaired) electrons. The van der Waals surface area contributed by atoms with E-state index in [0.29, 0.717) is 6.54 Å². The van der Waals surface area contributed by atoms with Crippen LogP contribution in [-0.4, -0.2) is 41.0 Å². The van der Waals surface area contributed by atoms with Crippen molar-refractivity contribution >= 4 is 6.03 Å². The number of rotatable bonds is 2. The summed E-state index contributed by atoms with van der Waals surface area (Å²) in [6, 6.07) is 5.87. The maximum absolute atomic E-state index is 12.0. The van der Waals surface area contributed by atoms with Gasteiger partial charge in [-0.1, -0.05) is 6.07 Å². The van der Waals surface area contributed by atoms with E-state index in [4.69, 9.17) is 0 Å². The number of pyridine rings is 1. The Kier molecular flexibility index (Phi) is 3.39. The number of nitrogens with zero attached hydrogens (tertiary/aromatic N) is 3. The number of amides is 2. The van der Waals surface area contributed by atoms with Crippen LogP contribution in [0.2, 0.25) is 0 Å². The third kappa shape index (κ3) is 2.51. The van der Waals surface area contributed by atoms with Crippen molar-refractivity contribution in [2.75, 3.05) is 20.1 Å². The molecule has 2 amide bonds. The van der Waals surface area contributed by atoms with E-state index in [2.05, 4.69) is 4.98 Å². The topological polar surface area (TPSA) is 36.4 Å². The first-order chi connectivity index (χ1) is 7.77. The van der Waals surface area contributed by atoms with Gasteiger partial charge in [0.15, 0.2) is 0 Å². The maximum atomic E-state index is 12.0. The zero-order chi connectivity index (χ0) is 11.4. The van der Waals surface area contributed by atoms with Gasteiger partial charge in [0.1, 0.15) is 0 Å². The SMILES string of the molecule is CN(Cc1ccccn1)C(=O)N1CCCC1. The van der Waals surface area contributed by atoms with E-state index in [9.17, 15) is 4.79 Å². The zero-order valence-electron chi connectivity index (χ0n) is 9.59. The van der Waals surface area contributed by atoms with Gasteiger partial charge in [0.2, 0.25) is 0 Å². The Bertz CT molecular complexity index is 347. The fourth-order valence-electron chi connectivity index (χ4n) is 1.95. The number of likely N-dealkylation sites (tertiary alicyclic amines) is 1. The molecule has 1 aliphatic heterocycles. The van der Waals surface area contributed by atoms with Gasteiger partial charge in [-0.15, -0.1) is 0 Å². The Morgan fingerprint density at radius 3 is 2.81 bits per heavy atom. The van der Waals surface area contributed by atoms with Crippen molar-refractivity contribution in [3.8, 4) is 0 Å². The van der Waals surface area contributed by atoms with Gasteiger partial charge in [-0.2, -0.15) is 0 Å². The third-order valence-corrected chi connectivity index (χ3v) is 2.83. The first kappa shape index (κ1) is 10.9. The molecule has 0 atom stereocenters. The lowest BCUT2D eigenvalue weighted by atomic mass is 10.3. The summed E-state index contributed by atoms with van der Waals surface area (Å²) in [6.07, 6.45) is 4.01. The first-order valence-corrected chi connectivity index (χ1v) is 5.67. The molecule has 1 aromatic heterocycles. The molecular weight excluding hydrogens is 202 g/mol. The second-order valence-corrected chi connectivity index (χ2v) is 4.15. The predicted molar refractivity (Wildman–Crippen MR) is 61.9 cm³/mol. The Morgan fingerprint density at radius 2 is 2.19 bits per heavy atom. The summed E-state index contributed by atoms with van der Waals surface area (Å²) in [4.78, 5) is 19.8. The summed E-state index contributed by atoms with van der Waals surface area (Å²) in [5, 5.41) is 0. The van der Waals surface area contributed by atoms with E-state index in [-0.39, 0.29) is 6.03 Å². The van der Waals surface area contributed by atoms with Gasteiger partial charge in [-0.05, 0) is 25.0 Å². The molecule has 4 heteroatoms. The molecule has 0 aromatic carbocycles. The molecule has 86 valence electrons. The molecule has 0 spiro atoms. The number of carbonyl (C=O) groups excluding carboxylic acids is 1. The van der Waals surface area contributed by atoms with E-state index >= 15 is 0 Å². The normalized spacial score (nSPS) is 15.2. The van der Waals surface area contributed by atoms with Crippen LogP contribution >= 0.6 is 0 Å². The number of carbonyl (C=O) groups is 1. The average Bonchev–Trinajstić information content (AvgIpc) is 2.83. The van der Waals surface area contributed by atoms with Crippen LogP contribution in [0.3, 0.4) is 0 Å². The molecule has 4 nitrogen and oxygen atoms in total. The van der Waals surface area contributed by atoms with Crippen molar-refractivity contribution in [1.82, 2.24) is 14.8 Å². The Balaban J connectivity index is 1.92. The molecule has 2 heterocycles. The van der Waals surface area contributed by atoms with Crippen LogP contribution in [0.1, 0.15) is 18.5 Å². The Labute approximate surface area is 95.9 Å². The largest absolute Gasteiger partial charge is 0.325 e. The van der Waals surface area contributed by atoms with Crippen molar-refractivity contribution in [1.29, 1.82) is 0 Å². The highest BCUT2D eigenvalue weighted by Gasteiger charge is 2.21. The van der Waals surface area contributed by atoms with Gasteiger partial charge in [0.25, 0.3) is 0 Å². The summed E-state index contributed by atoms with van der Waals surface area (Å²) < 4.78 is 0. The standard InChI is InChI=1S/C12H17N3O/c1-14(10-11-6-2-3-7-13-11)12(16)15-8-4-5-9-15/h2-3,6-7H,4-5,8-10H2,1H3. The second kappa shape index (κ2) is 4.96. The molecule has 1 aromatic rings. The monoisotopic (exact) mass is 219 g/mol. The highest BCUT2D eigenvalue weighted by atomic mass is 16.2. The van der Waals surface area contributed by atoms with Crippen molar-refractivity contribution in [3.63, 3.8) is 0 Å². The van der Waals surface area contributed by atoms with Crippen LogP contribution in [-0.2, 0) is 6.54 Å². The van der Waals surface area contributed by atoms with Crippen LogP contribution in [0.25, 0.3) is 0 Å². The molecule has 0 N–H and O–H groups in total. The fourth-order valence-corrected chi connectivity index (χ4v) is 1.95. The van der Waals surface area contributed by atoms with E-state index < -0.39 is 0 Å². The Morgan fingerprint density at radius 1 is 1.44 bits per heavy atom. The van der Waals surface area contributed by atoms with E-state index in [0.717, 1.165) is 31.6 Å². The van der Waals surface area contributed by atoms with Crippen LogP contribution in [0.4, 0.5) is 4.79 Å². The minimum atomic E-state index is 0.114. The van der Waals surface area contributed by atoms with Crippen LogP contribution in [0.15, 0.2) is 24.4 Å². The minimum absolute atomic E-state index is 0.114. The molecule has 16 heavy (non-hydrogen) atoms. The van der Waals surface area contributed by atoms with E-state index in [1.54, 1.807) is 11.1 Å². The summed E-state index contributed by atoms with van der Waals surface area (Å²) in [5.74, 6) is 0. The molecule has 0 aliphatic carbocycles. The second-order valence-electron chi connectivity index (χ2n) is 4.15. The lowest BCUT2D eigenvalue weighted by Gasteiger charge is -2.23. The summed E-state index contributed by atoms with van der Waals surface area (Å²) in [5.41, 5.74) is 0.928. The quantitative estimate of drug-likeness (QED) is 0.759. The molecule has 0 unspecified atom stereocenters. The van der Waals surface area contributed by atoms with Gasteiger partial charge in [0.05, 0.1) is 12.2 Å². The number of urea groups is 1. The van der Waals surface area contributed by atoms with Crippen LogP contribution in [0.5, 0.6) is 0 Å². The summed E-state index contributed by atoms with van der Waals surface area (Å²) in [7, 11) is 1.83. The smallest absolute Gasteiger partial charge is 0.320 e. The minimum Gasteiger partial charge on any atom is -0.325 e. The van der Waals surface area contributed by atoms with E-state index in [1.807, 2.05) is 30.1 Å². The first-order valence-electron chi connectivity index (χ1n) is 5.67. The lowest BCUT2D eigenvalue weighted by molar-refractivity contribution is 0.170. The van der Waals surface area contributed by atoms with Crippen molar-refractivity contribution < 1.29 is 4.79 Å². The molecule has 1 aliphatic rings. The van der Waals surface area contributed by atoms with Crippen LogP contribution in [0, 0.1) is 0 Å². The number of hydrogen-bond acceptors (Lipinski definition) is 2. The van der Waals surface area contributed by atoms with E-state index in [1.165, 1.54) is 0 Å². The Hall–Kier alpha value is -1.58. The maximum Gasteiger partial charge on any atom is 0.320 e. The zero-order valence-corrected chi connectivity index (χ0v) is 9.59.